The van der Waals surface area contributed by atoms with E-state index < -0.39 is 11.4 Å². The number of halogens is 2. The fourth-order valence-corrected chi connectivity index (χ4v) is 5.43. The van der Waals surface area contributed by atoms with E-state index in [9.17, 15) is 24.3 Å². The van der Waals surface area contributed by atoms with Crippen LogP contribution in [0.5, 0.6) is 11.5 Å². The van der Waals surface area contributed by atoms with Crippen LogP contribution in [0.15, 0.2) is 41.7 Å². The zero-order valence-corrected chi connectivity index (χ0v) is 20.2. The number of phenols is 1. The largest absolute Gasteiger partial charge is 0.507 e. The van der Waals surface area contributed by atoms with Crippen LogP contribution in [-0.4, -0.2) is 52.8 Å². The Hall–Kier alpha value is -4.03. The summed E-state index contributed by atoms with van der Waals surface area (Å²) in [5.41, 5.74) is 0.244. The van der Waals surface area contributed by atoms with Gasteiger partial charge in [-0.25, -0.2) is 4.39 Å². The Morgan fingerprint density at radius 1 is 1.33 bits per heavy atom. The Balaban J connectivity index is 1.81. The smallest absolute Gasteiger partial charge is 0.271 e. The van der Waals surface area contributed by atoms with Crippen molar-refractivity contribution in [1.29, 1.82) is 5.26 Å². The number of benzene rings is 2. The van der Waals surface area contributed by atoms with Crippen molar-refractivity contribution in [2.24, 2.45) is 0 Å². The topological polar surface area (TPSA) is 98.8 Å². The zero-order chi connectivity index (χ0) is 25.7. The minimum atomic E-state index is -0.693. The Morgan fingerprint density at radius 3 is 2.78 bits per heavy atom. The molecule has 0 spiro atoms. The third kappa shape index (κ3) is 3.48. The van der Waals surface area contributed by atoms with Gasteiger partial charge in [-0.3, -0.25) is 9.59 Å². The van der Waals surface area contributed by atoms with Crippen molar-refractivity contribution >= 4 is 34.1 Å². The summed E-state index contributed by atoms with van der Waals surface area (Å²) in [6.45, 7) is 6.87. The van der Waals surface area contributed by atoms with Gasteiger partial charge in [-0.1, -0.05) is 24.2 Å². The van der Waals surface area contributed by atoms with Gasteiger partial charge in [0.25, 0.3) is 5.56 Å². The number of pyridine rings is 1. The van der Waals surface area contributed by atoms with Gasteiger partial charge in [-0.05, 0) is 31.2 Å². The molecule has 5 rings (SSSR count). The van der Waals surface area contributed by atoms with E-state index in [1.165, 1.54) is 28.8 Å². The third-order valence-corrected chi connectivity index (χ3v) is 7.04. The molecule has 0 bridgehead atoms. The maximum absolute atomic E-state index is 14.9. The van der Waals surface area contributed by atoms with Gasteiger partial charge in [-0.15, -0.1) is 0 Å². The van der Waals surface area contributed by atoms with Crippen LogP contribution < -0.4 is 15.2 Å². The molecule has 3 heterocycles. The first-order chi connectivity index (χ1) is 17.3. The molecular formula is C26H22ClFN4O4. The van der Waals surface area contributed by atoms with Crippen LogP contribution in [-0.2, 0) is 11.3 Å². The molecule has 2 aliphatic heterocycles. The summed E-state index contributed by atoms with van der Waals surface area (Å²) in [7, 11) is 0. The number of nitriles is 1. The van der Waals surface area contributed by atoms with Crippen LogP contribution in [0.4, 0.5) is 10.1 Å². The number of anilines is 1. The molecule has 0 aliphatic carbocycles. The number of hydrogen-bond donors (Lipinski definition) is 1. The number of aromatic nitrogens is 1. The number of aromatic hydroxyl groups is 1. The van der Waals surface area contributed by atoms with E-state index in [1.54, 1.807) is 11.0 Å². The van der Waals surface area contributed by atoms with Crippen molar-refractivity contribution in [2.45, 2.75) is 19.5 Å². The van der Waals surface area contributed by atoms with Crippen molar-refractivity contribution in [3.8, 4) is 28.7 Å². The van der Waals surface area contributed by atoms with Crippen LogP contribution in [0.2, 0.25) is 5.02 Å². The van der Waals surface area contributed by atoms with Gasteiger partial charge in [-0.2, -0.15) is 5.26 Å². The molecule has 8 nitrogen and oxygen atoms in total. The van der Waals surface area contributed by atoms with Crippen molar-refractivity contribution < 1.29 is 19.0 Å². The highest BCUT2D eigenvalue weighted by molar-refractivity contribution is 6.35. The molecule has 1 atom stereocenters. The number of hydrogen-bond acceptors (Lipinski definition) is 6. The Kier molecular flexibility index (Phi) is 5.85. The quantitative estimate of drug-likeness (QED) is 0.542. The van der Waals surface area contributed by atoms with E-state index in [0.717, 1.165) is 0 Å². The lowest BCUT2D eigenvalue weighted by atomic mass is 9.97. The summed E-state index contributed by atoms with van der Waals surface area (Å²) in [6.07, 6.45) is 1.26. The van der Waals surface area contributed by atoms with Crippen molar-refractivity contribution in [3.05, 3.63) is 63.7 Å². The fraction of sp³-hybridized carbons (Fsp3) is 0.269. The first-order valence-electron chi connectivity index (χ1n) is 11.4. The molecule has 3 aromatic rings. The number of nitrogens with zero attached hydrogens (tertiary/aromatic N) is 4. The minimum absolute atomic E-state index is 0.0387. The van der Waals surface area contributed by atoms with Gasteiger partial charge in [0.05, 0.1) is 33.9 Å². The maximum Gasteiger partial charge on any atom is 0.271 e. The predicted octanol–water partition coefficient (Wildman–Crippen LogP) is 3.65. The molecule has 10 heteroatoms. The lowest BCUT2D eigenvalue weighted by Gasteiger charge is -2.42. The van der Waals surface area contributed by atoms with Gasteiger partial charge in [0.15, 0.2) is 5.75 Å². The average Bonchev–Trinajstić information content (AvgIpc) is 2.86. The number of carbonyl (C=O) groups is 1. The van der Waals surface area contributed by atoms with Gasteiger partial charge in [0.2, 0.25) is 5.91 Å². The van der Waals surface area contributed by atoms with Crippen molar-refractivity contribution in [3.63, 3.8) is 0 Å². The summed E-state index contributed by atoms with van der Waals surface area (Å²) in [5.74, 6) is -1.04. The van der Waals surface area contributed by atoms with E-state index in [1.807, 2.05) is 11.8 Å². The van der Waals surface area contributed by atoms with Crippen molar-refractivity contribution in [1.82, 2.24) is 9.47 Å². The number of rotatable bonds is 3. The summed E-state index contributed by atoms with van der Waals surface area (Å²) < 4.78 is 22.3. The van der Waals surface area contributed by atoms with Crippen LogP contribution >= 0.6 is 11.6 Å². The first-order valence-corrected chi connectivity index (χ1v) is 11.8. The van der Waals surface area contributed by atoms with Crippen LogP contribution in [0.25, 0.3) is 22.0 Å². The van der Waals surface area contributed by atoms with Crippen LogP contribution in [0, 0.1) is 17.1 Å². The zero-order valence-electron chi connectivity index (χ0n) is 19.4. The molecule has 2 aliphatic rings. The van der Waals surface area contributed by atoms with E-state index in [0.29, 0.717) is 36.2 Å². The summed E-state index contributed by atoms with van der Waals surface area (Å²) in [5, 5.41) is 21.1. The summed E-state index contributed by atoms with van der Waals surface area (Å²) in [6, 6.07) is 7.34. The molecular weight excluding hydrogens is 487 g/mol. The first kappa shape index (κ1) is 23.7. The normalized spacial score (nSPS) is 17.0. The Morgan fingerprint density at radius 2 is 2.11 bits per heavy atom. The fourth-order valence-electron chi connectivity index (χ4n) is 5.14. The molecule has 2 aromatic carbocycles. The number of ether oxygens (including phenoxy) is 1. The SMILES string of the molecule is C=CC(=O)N1CCN(c2c(C#N)c(=O)n3c4c(c(-c5c(O)cccc5F)c(Cl)cc24)OCC3)[C@@H](C)C1. The molecule has 1 aromatic heterocycles. The second kappa shape index (κ2) is 8.88. The number of phenolic OH excluding ortho intramolecular Hbond substituents is 1. The van der Waals surface area contributed by atoms with E-state index in [4.69, 9.17) is 16.3 Å². The minimum Gasteiger partial charge on any atom is -0.507 e. The van der Waals surface area contributed by atoms with Crippen LogP contribution in [0.3, 0.4) is 0 Å². The third-order valence-electron chi connectivity index (χ3n) is 6.74. The molecule has 36 heavy (non-hydrogen) atoms. The highest BCUT2D eigenvalue weighted by Crippen LogP contribution is 2.49. The molecule has 1 N–H and O–H groups in total. The number of carbonyl (C=O) groups excluding carboxylic acids is 1. The van der Waals surface area contributed by atoms with Gasteiger partial charge in [0.1, 0.15) is 29.8 Å². The number of amides is 1. The molecule has 1 amide bonds. The molecule has 184 valence electrons. The van der Waals surface area contributed by atoms with E-state index in [2.05, 4.69) is 12.6 Å². The van der Waals surface area contributed by atoms with Crippen LogP contribution in [0.1, 0.15) is 12.5 Å². The predicted molar refractivity (Wildman–Crippen MR) is 134 cm³/mol. The lowest BCUT2D eigenvalue weighted by molar-refractivity contribution is -0.126. The van der Waals surface area contributed by atoms with E-state index >= 15 is 0 Å². The standard InChI is InChI=1S/C26H22ClFN4O4/c1-3-20(34)30-7-8-31(14(2)13-30)23-15-11-17(27)21(22-18(28)5-4-6-19(22)33)25-24(15)32(9-10-36-25)26(35)16(23)12-29/h3-6,11,14,33H,1,7-10,13H2,2H3/t14-/m0/s1. The van der Waals surface area contributed by atoms with Gasteiger partial charge < -0.3 is 24.2 Å². The number of piperazine rings is 1. The van der Waals surface area contributed by atoms with Crippen molar-refractivity contribution in [2.75, 3.05) is 31.1 Å². The highest BCUT2D eigenvalue weighted by Gasteiger charge is 2.34. The second-order valence-corrected chi connectivity index (χ2v) is 9.17. The molecule has 0 radical (unpaired) electrons. The summed E-state index contributed by atoms with van der Waals surface area (Å²) in [4.78, 5) is 29.2. The molecule has 1 saturated heterocycles. The molecule has 0 unspecified atom stereocenters. The maximum atomic E-state index is 14.9. The monoisotopic (exact) mass is 508 g/mol. The highest BCUT2D eigenvalue weighted by atomic mass is 35.5. The molecule has 1 fully saturated rings. The average molecular weight is 509 g/mol. The Labute approximate surface area is 211 Å². The Bertz CT molecular complexity index is 1520. The van der Waals surface area contributed by atoms with E-state index in [-0.39, 0.29) is 58.3 Å². The van der Waals surface area contributed by atoms with Gasteiger partial charge in [0, 0.05) is 31.1 Å². The van der Waals surface area contributed by atoms with Gasteiger partial charge >= 0.3 is 0 Å². The summed E-state index contributed by atoms with van der Waals surface area (Å²) >= 11 is 6.70. The molecule has 0 saturated carbocycles. The second-order valence-electron chi connectivity index (χ2n) is 8.76. The lowest BCUT2D eigenvalue weighted by Crippen LogP contribution is -2.54.